The van der Waals surface area contributed by atoms with E-state index in [0.717, 1.165) is 41.5 Å². The summed E-state index contributed by atoms with van der Waals surface area (Å²) in [5, 5.41) is 1.14. The zero-order chi connectivity index (χ0) is 20.0. The summed E-state index contributed by atoms with van der Waals surface area (Å²) >= 11 is 0. The molecule has 1 aliphatic rings. The molecule has 0 fully saturated rings. The van der Waals surface area contributed by atoms with E-state index in [0.29, 0.717) is 12.1 Å². The number of hydrogen-bond acceptors (Lipinski definition) is 2. The SMILES string of the molecule is FC(F)(F)c1cccc(C2c3[nH]c4ccccc4c3CCN2Cc2ncc[nH]2)c1. The van der Waals surface area contributed by atoms with E-state index in [2.05, 4.69) is 25.9 Å². The number of hydrogen-bond donors (Lipinski definition) is 2. The summed E-state index contributed by atoms with van der Waals surface area (Å²) in [5.74, 6) is 0.793. The number of H-pyrrole nitrogens is 2. The number of nitrogens with one attached hydrogen (secondary N) is 2. The van der Waals surface area contributed by atoms with Crippen LogP contribution in [-0.2, 0) is 19.1 Å². The Morgan fingerprint density at radius 3 is 2.76 bits per heavy atom. The standard InChI is InChI=1S/C22H19F3N4/c23-22(24,25)15-5-3-4-14(12-15)21-20-17(16-6-1-2-7-18(16)28-20)8-11-29(21)13-19-26-9-10-27-19/h1-7,9-10,12,21,28H,8,11,13H2,(H,26,27). The summed E-state index contributed by atoms with van der Waals surface area (Å²) in [5.41, 5.74) is 3.14. The van der Waals surface area contributed by atoms with E-state index < -0.39 is 11.7 Å². The molecule has 4 nitrogen and oxygen atoms in total. The Kier molecular flexibility index (Phi) is 4.20. The molecule has 148 valence electrons. The predicted octanol–water partition coefficient (Wildman–Crippen LogP) is 5.06. The van der Waals surface area contributed by atoms with Crippen LogP contribution < -0.4 is 0 Å². The first-order valence-corrected chi connectivity index (χ1v) is 9.49. The van der Waals surface area contributed by atoms with Gasteiger partial charge in [-0.1, -0.05) is 30.3 Å². The maximum atomic E-state index is 13.4. The minimum absolute atomic E-state index is 0.307. The first-order chi connectivity index (χ1) is 14.0. The highest BCUT2D eigenvalue weighted by Gasteiger charge is 2.35. The van der Waals surface area contributed by atoms with Crippen molar-refractivity contribution in [2.45, 2.75) is 25.2 Å². The van der Waals surface area contributed by atoms with Crippen molar-refractivity contribution in [1.82, 2.24) is 19.9 Å². The van der Waals surface area contributed by atoms with Crippen LogP contribution >= 0.6 is 0 Å². The van der Waals surface area contributed by atoms with Gasteiger partial charge in [0.15, 0.2) is 0 Å². The number of imidazole rings is 1. The zero-order valence-electron chi connectivity index (χ0n) is 15.5. The van der Waals surface area contributed by atoms with Crippen LogP contribution in [0.3, 0.4) is 0 Å². The Labute approximate surface area is 165 Å². The predicted molar refractivity (Wildman–Crippen MR) is 104 cm³/mol. The van der Waals surface area contributed by atoms with Gasteiger partial charge in [0.05, 0.1) is 18.2 Å². The number of para-hydroxylation sites is 1. The van der Waals surface area contributed by atoms with Crippen LogP contribution in [0.2, 0.25) is 0 Å². The van der Waals surface area contributed by atoms with Gasteiger partial charge in [0.25, 0.3) is 0 Å². The number of benzene rings is 2. The van der Waals surface area contributed by atoms with E-state index in [-0.39, 0.29) is 6.04 Å². The van der Waals surface area contributed by atoms with Crippen LogP contribution in [0, 0.1) is 0 Å². The van der Waals surface area contributed by atoms with Gasteiger partial charge in [-0.25, -0.2) is 4.98 Å². The van der Waals surface area contributed by atoms with E-state index in [1.807, 2.05) is 18.2 Å². The van der Waals surface area contributed by atoms with E-state index in [9.17, 15) is 13.2 Å². The number of aromatic nitrogens is 3. The number of alkyl halides is 3. The third-order valence-corrected chi connectivity index (χ3v) is 5.57. The minimum atomic E-state index is -4.38. The second kappa shape index (κ2) is 6.77. The Balaban J connectivity index is 1.65. The Morgan fingerprint density at radius 2 is 1.97 bits per heavy atom. The van der Waals surface area contributed by atoms with E-state index in [4.69, 9.17) is 0 Å². The third kappa shape index (κ3) is 3.21. The first kappa shape index (κ1) is 18.0. The lowest BCUT2D eigenvalue weighted by atomic mass is 9.91. The molecule has 2 aromatic heterocycles. The molecule has 1 atom stereocenters. The van der Waals surface area contributed by atoms with Gasteiger partial charge in [0, 0.05) is 35.5 Å². The van der Waals surface area contributed by atoms with Gasteiger partial charge in [0.1, 0.15) is 5.82 Å². The molecule has 0 saturated heterocycles. The van der Waals surface area contributed by atoms with Crippen molar-refractivity contribution >= 4 is 10.9 Å². The van der Waals surface area contributed by atoms with Crippen molar-refractivity contribution in [3.63, 3.8) is 0 Å². The Bertz CT molecular complexity index is 1140. The minimum Gasteiger partial charge on any atom is -0.357 e. The fourth-order valence-corrected chi connectivity index (χ4v) is 4.30. The van der Waals surface area contributed by atoms with Crippen molar-refractivity contribution in [3.05, 3.63) is 89.1 Å². The van der Waals surface area contributed by atoms with Crippen molar-refractivity contribution in [1.29, 1.82) is 0 Å². The molecular weight excluding hydrogens is 377 g/mol. The molecule has 3 heterocycles. The average molecular weight is 396 g/mol. The molecule has 0 aliphatic carbocycles. The lowest BCUT2D eigenvalue weighted by Gasteiger charge is -2.36. The quantitative estimate of drug-likeness (QED) is 0.509. The summed E-state index contributed by atoms with van der Waals surface area (Å²) in [6.07, 6.45) is -0.102. The van der Waals surface area contributed by atoms with Gasteiger partial charge in [-0.05, 0) is 35.7 Å². The van der Waals surface area contributed by atoms with Gasteiger partial charge < -0.3 is 9.97 Å². The Hall–Kier alpha value is -3.06. The third-order valence-electron chi connectivity index (χ3n) is 5.57. The van der Waals surface area contributed by atoms with Crippen LogP contribution in [-0.4, -0.2) is 26.4 Å². The van der Waals surface area contributed by atoms with Gasteiger partial charge in [-0.15, -0.1) is 0 Å². The molecule has 2 aromatic carbocycles. The van der Waals surface area contributed by atoms with Gasteiger partial charge in [0.2, 0.25) is 0 Å². The number of halogens is 3. The monoisotopic (exact) mass is 396 g/mol. The van der Waals surface area contributed by atoms with Crippen LogP contribution in [0.1, 0.15) is 34.3 Å². The number of fused-ring (bicyclic) bond motifs is 3. The lowest BCUT2D eigenvalue weighted by Crippen LogP contribution is -2.36. The molecule has 2 N–H and O–H groups in total. The van der Waals surface area contributed by atoms with E-state index in [1.165, 1.54) is 17.7 Å². The summed E-state index contributed by atoms with van der Waals surface area (Å²) in [6.45, 7) is 1.26. The second-order valence-electron chi connectivity index (χ2n) is 7.34. The summed E-state index contributed by atoms with van der Waals surface area (Å²) in [7, 11) is 0. The van der Waals surface area contributed by atoms with Crippen molar-refractivity contribution in [2.75, 3.05) is 6.54 Å². The molecule has 4 aromatic rings. The van der Waals surface area contributed by atoms with Crippen molar-refractivity contribution in [2.24, 2.45) is 0 Å². The highest BCUT2D eigenvalue weighted by molar-refractivity contribution is 5.85. The summed E-state index contributed by atoms with van der Waals surface area (Å²) < 4.78 is 40.1. The van der Waals surface area contributed by atoms with Crippen molar-refractivity contribution < 1.29 is 13.2 Å². The highest BCUT2D eigenvalue weighted by atomic mass is 19.4. The second-order valence-corrected chi connectivity index (χ2v) is 7.34. The highest BCUT2D eigenvalue weighted by Crippen LogP contribution is 2.40. The molecular formula is C22H19F3N4. The van der Waals surface area contributed by atoms with Gasteiger partial charge in [-0.2, -0.15) is 13.2 Å². The lowest BCUT2D eigenvalue weighted by molar-refractivity contribution is -0.137. The number of rotatable bonds is 3. The molecule has 5 rings (SSSR count). The van der Waals surface area contributed by atoms with Crippen LogP contribution in [0.15, 0.2) is 60.9 Å². The van der Waals surface area contributed by atoms with E-state index >= 15 is 0 Å². The van der Waals surface area contributed by atoms with Crippen LogP contribution in [0.25, 0.3) is 10.9 Å². The zero-order valence-corrected chi connectivity index (χ0v) is 15.5. The normalized spacial score (nSPS) is 17.6. The number of nitrogens with zero attached hydrogens (tertiary/aromatic N) is 2. The topological polar surface area (TPSA) is 47.7 Å². The summed E-state index contributed by atoms with van der Waals surface area (Å²) in [6, 6.07) is 13.4. The fraction of sp³-hybridized carbons (Fsp3) is 0.227. The smallest absolute Gasteiger partial charge is 0.357 e. The largest absolute Gasteiger partial charge is 0.416 e. The fourth-order valence-electron chi connectivity index (χ4n) is 4.30. The molecule has 0 amide bonds. The van der Waals surface area contributed by atoms with Crippen molar-refractivity contribution in [3.8, 4) is 0 Å². The molecule has 0 bridgehead atoms. The molecule has 0 spiro atoms. The number of aromatic amines is 2. The Morgan fingerprint density at radius 1 is 1.10 bits per heavy atom. The molecule has 1 aliphatic heterocycles. The molecule has 29 heavy (non-hydrogen) atoms. The maximum absolute atomic E-state index is 13.4. The van der Waals surface area contributed by atoms with Gasteiger partial charge in [-0.3, -0.25) is 4.90 Å². The summed E-state index contributed by atoms with van der Waals surface area (Å²) in [4.78, 5) is 13.1. The van der Waals surface area contributed by atoms with Gasteiger partial charge >= 0.3 is 6.18 Å². The molecule has 0 saturated carbocycles. The first-order valence-electron chi connectivity index (χ1n) is 9.49. The van der Waals surface area contributed by atoms with E-state index in [1.54, 1.807) is 18.5 Å². The van der Waals surface area contributed by atoms with Crippen LogP contribution in [0.4, 0.5) is 13.2 Å². The molecule has 1 unspecified atom stereocenters. The average Bonchev–Trinajstić information content (AvgIpc) is 3.34. The molecule has 0 radical (unpaired) electrons. The molecule has 7 heteroatoms. The van der Waals surface area contributed by atoms with Crippen LogP contribution in [0.5, 0.6) is 0 Å². The maximum Gasteiger partial charge on any atom is 0.416 e.